The number of aromatic nitrogens is 3. The second-order valence-electron chi connectivity index (χ2n) is 9.10. The SMILES string of the molecule is COc1cc(OC)c2c(=O)[nH]c(-c3ncc(OCCO[Si](C)(C)C(C)(C)C)cc3F)nc2c1. The van der Waals surface area contributed by atoms with Gasteiger partial charge in [0.1, 0.15) is 34.9 Å². The lowest BCUT2D eigenvalue weighted by Gasteiger charge is -2.36. The molecule has 0 saturated heterocycles. The number of nitrogens with zero attached hydrogens (tertiary/aromatic N) is 2. The van der Waals surface area contributed by atoms with Gasteiger partial charge in [-0.25, -0.2) is 14.4 Å². The molecule has 8 nitrogen and oxygen atoms in total. The number of H-pyrrole nitrogens is 1. The molecule has 178 valence electrons. The van der Waals surface area contributed by atoms with Crippen LogP contribution in [0.15, 0.2) is 29.2 Å². The van der Waals surface area contributed by atoms with E-state index in [1.807, 2.05) is 0 Å². The molecule has 1 N–H and O–H groups in total. The Morgan fingerprint density at radius 3 is 2.39 bits per heavy atom. The summed E-state index contributed by atoms with van der Waals surface area (Å²) in [6.07, 6.45) is 1.39. The van der Waals surface area contributed by atoms with Crippen molar-refractivity contribution in [3.63, 3.8) is 0 Å². The molecule has 3 aromatic rings. The molecule has 0 spiro atoms. The predicted octanol–water partition coefficient (Wildman–Crippen LogP) is 4.54. The smallest absolute Gasteiger partial charge is 0.262 e. The van der Waals surface area contributed by atoms with Crippen LogP contribution in [-0.4, -0.2) is 50.7 Å². The zero-order valence-corrected chi connectivity index (χ0v) is 21.0. The van der Waals surface area contributed by atoms with Crippen molar-refractivity contribution in [2.75, 3.05) is 27.4 Å². The van der Waals surface area contributed by atoms with Crippen LogP contribution < -0.4 is 19.8 Å². The van der Waals surface area contributed by atoms with E-state index in [0.29, 0.717) is 23.6 Å². The first-order chi connectivity index (χ1) is 15.5. The minimum absolute atomic E-state index is 0.00637. The largest absolute Gasteiger partial charge is 0.497 e. The highest BCUT2D eigenvalue weighted by molar-refractivity contribution is 6.74. The maximum Gasteiger partial charge on any atom is 0.262 e. The summed E-state index contributed by atoms with van der Waals surface area (Å²) in [6, 6.07) is 4.37. The van der Waals surface area contributed by atoms with Crippen LogP contribution in [0, 0.1) is 5.82 Å². The lowest BCUT2D eigenvalue weighted by atomic mass is 10.2. The van der Waals surface area contributed by atoms with Crippen molar-refractivity contribution in [2.45, 2.75) is 38.9 Å². The molecule has 0 aliphatic carbocycles. The highest BCUT2D eigenvalue weighted by Gasteiger charge is 2.36. The van der Waals surface area contributed by atoms with E-state index in [-0.39, 0.29) is 34.3 Å². The van der Waals surface area contributed by atoms with Crippen molar-refractivity contribution in [3.05, 3.63) is 40.6 Å². The summed E-state index contributed by atoms with van der Waals surface area (Å²) < 4.78 is 37.0. The zero-order valence-electron chi connectivity index (χ0n) is 20.0. The molecule has 10 heteroatoms. The molecule has 33 heavy (non-hydrogen) atoms. The van der Waals surface area contributed by atoms with Crippen molar-refractivity contribution in [3.8, 4) is 28.8 Å². The van der Waals surface area contributed by atoms with Gasteiger partial charge in [0.15, 0.2) is 20.0 Å². The lowest BCUT2D eigenvalue weighted by molar-refractivity contribution is 0.202. The fraction of sp³-hybridized carbons (Fsp3) is 0.435. The van der Waals surface area contributed by atoms with Gasteiger partial charge in [-0.05, 0) is 18.1 Å². The summed E-state index contributed by atoms with van der Waals surface area (Å²) in [5.41, 5.74) is -0.270. The molecule has 0 bridgehead atoms. The molecule has 0 radical (unpaired) electrons. The van der Waals surface area contributed by atoms with Crippen LogP contribution in [0.2, 0.25) is 18.1 Å². The average molecular weight is 476 g/mol. The number of aromatic amines is 1. The number of ether oxygens (including phenoxy) is 3. The topological polar surface area (TPSA) is 95.6 Å². The number of hydrogen-bond donors (Lipinski definition) is 1. The zero-order chi connectivity index (χ0) is 24.4. The Morgan fingerprint density at radius 2 is 1.79 bits per heavy atom. The van der Waals surface area contributed by atoms with E-state index >= 15 is 0 Å². The Hall–Kier alpha value is -2.98. The van der Waals surface area contributed by atoms with Gasteiger partial charge in [-0.2, -0.15) is 0 Å². The van der Waals surface area contributed by atoms with E-state index in [4.69, 9.17) is 18.6 Å². The first kappa shape index (κ1) is 24.7. The minimum Gasteiger partial charge on any atom is -0.497 e. The monoisotopic (exact) mass is 475 g/mol. The maximum atomic E-state index is 14.8. The Bertz CT molecular complexity index is 1210. The molecule has 3 rings (SSSR count). The third kappa shape index (κ3) is 5.33. The van der Waals surface area contributed by atoms with Crippen molar-refractivity contribution >= 4 is 19.2 Å². The van der Waals surface area contributed by atoms with Gasteiger partial charge in [-0.1, -0.05) is 20.8 Å². The van der Waals surface area contributed by atoms with Crippen LogP contribution >= 0.6 is 0 Å². The summed E-state index contributed by atoms with van der Waals surface area (Å²) in [4.78, 5) is 23.7. The number of hydrogen-bond acceptors (Lipinski definition) is 7. The van der Waals surface area contributed by atoms with Crippen molar-refractivity contribution in [1.29, 1.82) is 0 Å². The van der Waals surface area contributed by atoms with Crippen molar-refractivity contribution in [1.82, 2.24) is 15.0 Å². The first-order valence-corrected chi connectivity index (χ1v) is 13.5. The quantitative estimate of drug-likeness (QED) is 0.377. The summed E-state index contributed by atoms with van der Waals surface area (Å²) in [5, 5.41) is 0.337. The van der Waals surface area contributed by atoms with E-state index in [0.717, 1.165) is 0 Å². The van der Waals surface area contributed by atoms with Gasteiger partial charge in [0.2, 0.25) is 0 Å². The van der Waals surface area contributed by atoms with E-state index in [9.17, 15) is 9.18 Å². The Balaban J connectivity index is 1.80. The van der Waals surface area contributed by atoms with E-state index in [1.165, 1.54) is 26.5 Å². The first-order valence-electron chi connectivity index (χ1n) is 10.6. The Labute approximate surface area is 193 Å². The molecule has 0 aliphatic heterocycles. The van der Waals surface area contributed by atoms with Crippen molar-refractivity contribution < 1.29 is 23.0 Å². The predicted molar refractivity (Wildman–Crippen MR) is 127 cm³/mol. The van der Waals surface area contributed by atoms with Crippen LogP contribution in [-0.2, 0) is 4.43 Å². The number of pyridine rings is 1. The summed E-state index contributed by atoms with van der Waals surface area (Å²) in [6.45, 7) is 11.5. The highest BCUT2D eigenvalue weighted by Crippen LogP contribution is 2.36. The fourth-order valence-electron chi connectivity index (χ4n) is 2.95. The van der Waals surface area contributed by atoms with Crippen LogP contribution in [0.1, 0.15) is 20.8 Å². The third-order valence-corrected chi connectivity index (χ3v) is 10.4. The molecule has 2 aromatic heterocycles. The van der Waals surface area contributed by atoms with Crippen LogP contribution in [0.5, 0.6) is 17.2 Å². The maximum absolute atomic E-state index is 14.8. The summed E-state index contributed by atoms with van der Waals surface area (Å²) in [5.74, 6) is 0.354. The van der Waals surface area contributed by atoms with E-state index < -0.39 is 19.7 Å². The van der Waals surface area contributed by atoms with Crippen LogP contribution in [0.3, 0.4) is 0 Å². The number of rotatable bonds is 8. The fourth-order valence-corrected chi connectivity index (χ4v) is 3.98. The van der Waals surface area contributed by atoms with Gasteiger partial charge in [-0.3, -0.25) is 4.79 Å². The number of fused-ring (bicyclic) bond motifs is 1. The molecular formula is C23H30FN3O5Si. The Kier molecular flexibility index (Phi) is 7.08. The Morgan fingerprint density at radius 1 is 1.06 bits per heavy atom. The average Bonchev–Trinajstić information content (AvgIpc) is 2.74. The molecule has 0 aliphatic rings. The molecule has 0 atom stereocenters. The number of methoxy groups -OCH3 is 2. The standard InChI is InChI=1S/C23H30FN3O5Si/c1-23(2,3)33(6,7)32-9-8-31-15-10-16(24)20(25-13-15)21-26-17-11-14(29-4)12-18(30-5)19(17)22(28)27-21/h10-13H,8-9H2,1-7H3,(H,26,27,28). The van der Waals surface area contributed by atoms with Gasteiger partial charge in [-0.15, -0.1) is 0 Å². The second kappa shape index (κ2) is 9.48. The molecule has 2 heterocycles. The minimum atomic E-state index is -1.88. The number of benzene rings is 1. The third-order valence-electron chi connectivity index (χ3n) is 5.86. The summed E-state index contributed by atoms with van der Waals surface area (Å²) >= 11 is 0. The highest BCUT2D eigenvalue weighted by atomic mass is 28.4. The normalized spacial score (nSPS) is 12.1. The van der Waals surface area contributed by atoms with Crippen LogP contribution in [0.4, 0.5) is 4.39 Å². The second-order valence-corrected chi connectivity index (χ2v) is 13.9. The molecule has 0 amide bonds. The number of nitrogens with one attached hydrogen (secondary N) is 1. The van der Waals surface area contributed by atoms with Gasteiger partial charge in [0.05, 0.1) is 32.5 Å². The van der Waals surface area contributed by atoms with Gasteiger partial charge >= 0.3 is 0 Å². The molecule has 0 fully saturated rings. The van der Waals surface area contributed by atoms with E-state index in [2.05, 4.69) is 48.8 Å². The number of halogens is 1. The lowest BCUT2D eigenvalue weighted by Crippen LogP contribution is -2.41. The molecular weight excluding hydrogens is 445 g/mol. The van der Waals surface area contributed by atoms with Gasteiger partial charge < -0.3 is 23.6 Å². The van der Waals surface area contributed by atoms with Crippen LogP contribution in [0.25, 0.3) is 22.4 Å². The molecule has 0 saturated carbocycles. The van der Waals surface area contributed by atoms with Crippen molar-refractivity contribution in [2.24, 2.45) is 0 Å². The van der Waals surface area contributed by atoms with E-state index in [1.54, 1.807) is 12.1 Å². The molecule has 1 aromatic carbocycles. The summed E-state index contributed by atoms with van der Waals surface area (Å²) in [7, 11) is 1.06. The van der Waals surface area contributed by atoms with Gasteiger partial charge in [0, 0.05) is 18.2 Å². The van der Waals surface area contributed by atoms with Gasteiger partial charge in [0.25, 0.3) is 5.56 Å². The molecule has 0 unspecified atom stereocenters.